The Morgan fingerprint density at radius 1 is 1.07 bits per heavy atom. The molecule has 0 spiro atoms. The van der Waals surface area contributed by atoms with Gasteiger partial charge >= 0.3 is 0 Å². The fourth-order valence-electron chi connectivity index (χ4n) is 5.28. The molecule has 1 aliphatic heterocycles. The molecule has 0 bridgehead atoms. The molecule has 1 saturated heterocycles. The maximum Gasteiger partial charge on any atom is 0.165 e. The van der Waals surface area contributed by atoms with E-state index in [1.807, 2.05) is 23.9 Å². The summed E-state index contributed by atoms with van der Waals surface area (Å²) in [5.74, 6) is 1.02. The van der Waals surface area contributed by atoms with Crippen molar-refractivity contribution in [3.63, 3.8) is 0 Å². The zero-order valence-corrected chi connectivity index (χ0v) is 19.6. The van der Waals surface area contributed by atoms with Crippen LogP contribution in [-0.2, 0) is 17.6 Å². The van der Waals surface area contributed by atoms with E-state index < -0.39 is 0 Å². The quantitative estimate of drug-likeness (QED) is 0.500. The molecule has 1 aromatic carbocycles. The minimum absolute atomic E-state index is 0.151. The first-order chi connectivity index (χ1) is 14.4. The number of thioether (sulfide) groups is 1. The second-order valence-electron chi connectivity index (χ2n) is 9.91. The normalized spacial score (nSPS) is 25.0. The van der Waals surface area contributed by atoms with Crippen molar-refractivity contribution in [1.82, 2.24) is 4.90 Å². The van der Waals surface area contributed by atoms with E-state index in [9.17, 15) is 4.91 Å². The van der Waals surface area contributed by atoms with E-state index >= 15 is 0 Å². The minimum Gasteiger partial charge on any atom is -0.371 e. The largest absolute Gasteiger partial charge is 0.371 e. The van der Waals surface area contributed by atoms with Crippen LogP contribution >= 0.6 is 11.8 Å². The molecule has 0 unspecified atom stereocenters. The lowest BCUT2D eigenvalue weighted by Gasteiger charge is -2.37. The number of hydrogen-bond acceptors (Lipinski definition) is 5. The highest BCUT2D eigenvalue weighted by Gasteiger charge is 2.41. The monoisotopic (exact) mass is 429 g/mol. The molecule has 2 aliphatic carbocycles. The third-order valence-corrected chi connectivity index (χ3v) is 7.63. The highest BCUT2D eigenvalue weighted by Crippen LogP contribution is 2.40. The zero-order chi connectivity index (χ0) is 21.3. The summed E-state index contributed by atoms with van der Waals surface area (Å²) in [6, 6.07) is 4.77. The first-order valence-corrected chi connectivity index (χ1v) is 12.5. The number of fused-ring (bicyclic) bond motifs is 1. The average Bonchev–Trinajstić information content (AvgIpc) is 3.36. The first kappa shape index (κ1) is 21.8. The number of nitroso groups, excluding NO2 is 1. The van der Waals surface area contributed by atoms with Crippen LogP contribution in [0.1, 0.15) is 77.3 Å². The Labute approximate surface area is 185 Å². The third kappa shape index (κ3) is 4.59. The molecule has 30 heavy (non-hydrogen) atoms. The molecule has 3 aliphatic rings. The van der Waals surface area contributed by atoms with Gasteiger partial charge < -0.3 is 9.64 Å². The molecular formula is C24H35N3O2S. The molecule has 1 heterocycles. The molecule has 6 heteroatoms. The van der Waals surface area contributed by atoms with Gasteiger partial charge in [0.15, 0.2) is 5.17 Å². The molecule has 1 aromatic rings. The summed E-state index contributed by atoms with van der Waals surface area (Å²) in [6.07, 6.45) is 9.45. The number of nitrogens with zero attached hydrogens (tertiary/aromatic N) is 3. The Bertz CT molecular complexity index is 811. The number of aliphatic imine (C=N–C) groups is 1. The second-order valence-corrected chi connectivity index (χ2v) is 10.9. The number of ether oxygens (including phenoxy) is 1. The number of amidine groups is 1. The van der Waals surface area contributed by atoms with Gasteiger partial charge in [-0.2, -0.15) is 0 Å². The molecule has 2 fully saturated rings. The Kier molecular flexibility index (Phi) is 6.54. The Morgan fingerprint density at radius 2 is 1.70 bits per heavy atom. The maximum atomic E-state index is 11.3. The van der Waals surface area contributed by atoms with Gasteiger partial charge in [-0.05, 0) is 94.7 Å². The van der Waals surface area contributed by atoms with Crippen LogP contribution in [0.15, 0.2) is 22.3 Å². The van der Waals surface area contributed by atoms with E-state index in [1.165, 1.54) is 31.2 Å². The summed E-state index contributed by atoms with van der Waals surface area (Å²) in [5, 5.41) is 4.41. The summed E-state index contributed by atoms with van der Waals surface area (Å²) in [4.78, 5) is 19.1. The van der Waals surface area contributed by atoms with E-state index in [0.29, 0.717) is 17.8 Å². The topological polar surface area (TPSA) is 54.3 Å². The van der Waals surface area contributed by atoms with Crippen molar-refractivity contribution in [2.75, 3.05) is 5.75 Å². The summed E-state index contributed by atoms with van der Waals surface area (Å²) in [5.41, 5.74) is 3.84. The van der Waals surface area contributed by atoms with Crippen molar-refractivity contribution in [1.29, 1.82) is 0 Å². The Morgan fingerprint density at radius 3 is 2.33 bits per heavy atom. The van der Waals surface area contributed by atoms with Gasteiger partial charge in [0.25, 0.3) is 0 Å². The summed E-state index contributed by atoms with van der Waals surface area (Å²) >= 11 is 1.87. The SMILES string of the molecule is C[C@@H](OC(C)(C)C)[C@H]1CSC(=Nc2ccc(N=O)c3c2CCCC3)N1C1CCCC1. The first-order valence-electron chi connectivity index (χ1n) is 11.5. The molecule has 164 valence electrons. The van der Waals surface area contributed by atoms with Crippen molar-refractivity contribution in [3.8, 4) is 0 Å². The summed E-state index contributed by atoms with van der Waals surface area (Å²) < 4.78 is 6.37. The van der Waals surface area contributed by atoms with E-state index in [1.54, 1.807) is 0 Å². The number of rotatable bonds is 5. The lowest BCUT2D eigenvalue weighted by Crippen LogP contribution is -2.48. The highest BCUT2D eigenvalue weighted by atomic mass is 32.2. The molecule has 0 radical (unpaired) electrons. The van der Waals surface area contributed by atoms with E-state index in [0.717, 1.165) is 47.9 Å². The average molecular weight is 430 g/mol. The maximum absolute atomic E-state index is 11.3. The standard InChI is InChI=1S/C24H35N3O2S/c1-16(29-24(2,3)4)22-15-30-23(27(22)17-9-5-6-10-17)25-20-13-14-21(26-28)19-12-8-7-11-18(19)20/h13-14,16-17,22H,5-12,15H2,1-4H3/t16-,22-/m1/s1. The van der Waals surface area contributed by atoms with Crippen molar-refractivity contribution in [3.05, 3.63) is 28.2 Å². The third-order valence-electron chi connectivity index (χ3n) is 6.56. The second kappa shape index (κ2) is 8.99. The molecular weight excluding hydrogens is 394 g/mol. The van der Waals surface area contributed by atoms with Crippen LogP contribution in [-0.4, -0.2) is 39.6 Å². The highest BCUT2D eigenvalue weighted by molar-refractivity contribution is 8.14. The van der Waals surface area contributed by atoms with Gasteiger partial charge in [-0.25, -0.2) is 4.99 Å². The number of benzene rings is 1. The van der Waals surface area contributed by atoms with Crippen LogP contribution in [0.5, 0.6) is 0 Å². The van der Waals surface area contributed by atoms with Gasteiger partial charge in [-0.15, -0.1) is 4.91 Å². The van der Waals surface area contributed by atoms with Crippen LogP contribution in [0.25, 0.3) is 0 Å². The molecule has 0 aromatic heterocycles. The van der Waals surface area contributed by atoms with Crippen molar-refractivity contribution in [2.24, 2.45) is 10.2 Å². The molecule has 0 N–H and O–H groups in total. The molecule has 1 saturated carbocycles. The fourth-order valence-corrected chi connectivity index (χ4v) is 6.62. The molecule has 0 amide bonds. The van der Waals surface area contributed by atoms with Gasteiger partial charge in [0.05, 0.1) is 23.4 Å². The number of hydrogen-bond donors (Lipinski definition) is 0. The van der Waals surface area contributed by atoms with Gasteiger partial charge in [-0.3, -0.25) is 0 Å². The van der Waals surface area contributed by atoms with Crippen LogP contribution in [0.3, 0.4) is 0 Å². The van der Waals surface area contributed by atoms with Crippen molar-refractivity contribution >= 4 is 28.3 Å². The van der Waals surface area contributed by atoms with Crippen LogP contribution in [0, 0.1) is 4.91 Å². The van der Waals surface area contributed by atoms with Crippen molar-refractivity contribution in [2.45, 2.75) is 103 Å². The van der Waals surface area contributed by atoms with Gasteiger partial charge in [0.2, 0.25) is 0 Å². The predicted octanol–water partition coefficient (Wildman–Crippen LogP) is 6.51. The molecule has 5 nitrogen and oxygen atoms in total. The minimum atomic E-state index is -0.151. The summed E-state index contributed by atoms with van der Waals surface area (Å²) in [7, 11) is 0. The van der Waals surface area contributed by atoms with Crippen LogP contribution in [0.2, 0.25) is 0 Å². The van der Waals surface area contributed by atoms with Gasteiger partial charge in [-0.1, -0.05) is 24.6 Å². The smallest absolute Gasteiger partial charge is 0.165 e. The van der Waals surface area contributed by atoms with E-state index in [-0.39, 0.29) is 11.7 Å². The summed E-state index contributed by atoms with van der Waals surface area (Å²) in [6.45, 7) is 8.62. The predicted molar refractivity (Wildman–Crippen MR) is 126 cm³/mol. The molecule has 4 rings (SSSR count). The van der Waals surface area contributed by atoms with Crippen molar-refractivity contribution < 1.29 is 4.74 Å². The molecule has 2 atom stereocenters. The van der Waals surface area contributed by atoms with Crippen LogP contribution in [0.4, 0.5) is 11.4 Å². The van der Waals surface area contributed by atoms with Gasteiger partial charge in [0.1, 0.15) is 5.69 Å². The Hall–Kier alpha value is -1.40. The van der Waals surface area contributed by atoms with Gasteiger partial charge in [0, 0.05) is 11.8 Å². The zero-order valence-electron chi connectivity index (χ0n) is 18.8. The van der Waals surface area contributed by atoms with E-state index in [4.69, 9.17) is 9.73 Å². The lowest BCUT2D eigenvalue weighted by molar-refractivity contribution is -0.0763. The lowest BCUT2D eigenvalue weighted by atomic mass is 9.89. The fraction of sp³-hybridized carbons (Fsp3) is 0.708. The van der Waals surface area contributed by atoms with E-state index in [2.05, 4.69) is 37.8 Å². The Balaban J connectivity index is 1.67. The van der Waals surface area contributed by atoms with Crippen LogP contribution < -0.4 is 0 Å².